The van der Waals surface area contributed by atoms with Crippen LogP contribution in [-0.4, -0.2) is 29.5 Å². The molecule has 0 aliphatic heterocycles. The second-order valence-corrected chi connectivity index (χ2v) is 6.34. The number of hydrogen-bond acceptors (Lipinski definition) is 7. The van der Waals surface area contributed by atoms with Crippen molar-refractivity contribution in [3.63, 3.8) is 0 Å². The van der Waals surface area contributed by atoms with Gasteiger partial charge in [0.15, 0.2) is 11.0 Å². The minimum atomic E-state index is -0.468. The summed E-state index contributed by atoms with van der Waals surface area (Å²) in [5, 5.41) is 23.9. The first kappa shape index (κ1) is 16.2. The highest BCUT2D eigenvalue weighted by Gasteiger charge is 2.19. The molecule has 24 heavy (non-hydrogen) atoms. The molecule has 3 aromatic rings. The van der Waals surface area contributed by atoms with E-state index in [1.54, 1.807) is 6.26 Å². The fraction of sp³-hybridized carbons (Fsp3) is 0.357. The van der Waals surface area contributed by atoms with Crippen LogP contribution in [0.1, 0.15) is 25.6 Å². The first-order valence-electron chi connectivity index (χ1n) is 7.26. The third-order valence-corrected chi connectivity index (χ3v) is 4.37. The van der Waals surface area contributed by atoms with Gasteiger partial charge in [-0.15, -0.1) is 10.2 Å². The lowest BCUT2D eigenvalue weighted by molar-refractivity contribution is -0.385. The second kappa shape index (κ2) is 6.48. The van der Waals surface area contributed by atoms with Crippen molar-refractivity contribution in [2.45, 2.75) is 37.8 Å². The molecule has 0 saturated heterocycles. The van der Waals surface area contributed by atoms with Gasteiger partial charge in [0.2, 0.25) is 0 Å². The molecule has 0 bridgehead atoms. The van der Waals surface area contributed by atoms with Gasteiger partial charge in [0, 0.05) is 6.04 Å². The molecule has 0 aromatic carbocycles. The molecule has 0 unspecified atom stereocenters. The maximum atomic E-state index is 10.7. The Bertz CT molecular complexity index is 866. The van der Waals surface area contributed by atoms with Crippen molar-refractivity contribution in [2.24, 2.45) is 0 Å². The van der Waals surface area contributed by atoms with Crippen molar-refractivity contribution in [1.82, 2.24) is 24.5 Å². The van der Waals surface area contributed by atoms with E-state index in [1.807, 2.05) is 31.4 Å². The summed E-state index contributed by atoms with van der Waals surface area (Å²) in [6, 6.07) is 2.02. The van der Waals surface area contributed by atoms with Gasteiger partial charge in [0.1, 0.15) is 18.2 Å². The summed E-state index contributed by atoms with van der Waals surface area (Å²) in [7, 11) is 0. The van der Waals surface area contributed by atoms with Crippen LogP contribution in [0.3, 0.4) is 0 Å². The van der Waals surface area contributed by atoms with E-state index in [4.69, 9.17) is 4.42 Å². The van der Waals surface area contributed by atoms with Crippen LogP contribution < -0.4 is 0 Å². The molecule has 9 nitrogen and oxygen atoms in total. The molecule has 0 amide bonds. The first-order valence-corrected chi connectivity index (χ1v) is 8.25. The average Bonchev–Trinajstić information content (AvgIpc) is 3.23. The number of nitro groups is 1. The number of rotatable bonds is 6. The zero-order chi connectivity index (χ0) is 17.3. The van der Waals surface area contributed by atoms with Crippen molar-refractivity contribution >= 4 is 17.4 Å². The highest BCUT2D eigenvalue weighted by atomic mass is 32.2. The van der Waals surface area contributed by atoms with Crippen LogP contribution in [0, 0.1) is 17.0 Å². The van der Waals surface area contributed by atoms with Crippen LogP contribution >= 0.6 is 11.8 Å². The van der Waals surface area contributed by atoms with Gasteiger partial charge in [-0.25, -0.2) is 0 Å². The van der Waals surface area contributed by atoms with E-state index in [0.717, 1.165) is 22.3 Å². The molecule has 0 aliphatic carbocycles. The van der Waals surface area contributed by atoms with E-state index < -0.39 is 4.92 Å². The second-order valence-electron chi connectivity index (χ2n) is 5.43. The van der Waals surface area contributed by atoms with Gasteiger partial charge >= 0.3 is 5.69 Å². The molecule has 3 aromatic heterocycles. The predicted molar refractivity (Wildman–Crippen MR) is 87.6 cm³/mol. The molecule has 0 saturated carbocycles. The molecule has 0 N–H and O–H groups in total. The summed E-state index contributed by atoms with van der Waals surface area (Å²) in [6.45, 7) is 5.97. The normalized spacial score (nSPS) is 11.3. The van der Waals surface area contributed by atoms with Crippen LogP contribution in [0.25, 0.3) is 11.4 Å². The minimum absolute atomic E-state index is 0.0318. The van der Waals surface area contributed by atoms with Gasteiger partial charge in [-0.3, -0.25) is 19.4 Å². The Morgan fingerprint density at radius 3 is 2.79 bits per heavy atom. The zero-order valence-corrected chi connectivity index (χ0v) is 14.2. The fourth-order valence-corrected chi connectivity index (χ4v) is 3.21. The number of thioether (sulfide) groups is 1. The SMILES string of the molecule is Cc1occc1-c1nnc(SCn2cc([N+](=O)[O-])cn2)n1C(C)C. The Labute approximate surface area is 141 Å². The number of nitrogens with zero attached hydrogens (tertiary/aromatic N) is 6. The zero-order valence-electron chi connectivity index (χ0n) is 13.4. The molecular weight excluding hydrogens is 332 g/mol. The first-order chi connectivity index (χ1) is 11.5. The van der Waals surface area contributed by atoms with Gasteiger partial charge in [-0.1, -0.05) is 11.8 Å². The lowest BCUT2D eigenvalue weighted by Gasteiger charge is -2.13. The van der Waals surface area contributed by atoms with E-state index in [1.165, 1.54) is 28.8 Å². The largest absolute Gasteiger partial charge is 0.469 e. The molecule has 0 radical (unpaired) electrons. The Morgan fingerprint density at radius 1 is 1.42 bits per heavy atom. The third-order valence-electron chi connectivity index (χ3n) is 3.44. The quantitative estimate of drug-likeness (QED) is 0.382. The van der Waals surface area contributed by atoms with Gasteiger partial charge in [0.05, 0.1) is 22.6 Å². The molecule has 126 valence electrons. The molecular formula is C14H16N6O3S. The Hall–Kier alpha value is -2.62. The number of hydrogen-bond donors (Lipinski definition) is 0. The highest BCUT2D eigenvalue weighted by molar-refractivity contribution is 7.98. The number of furan rings is 1. The molecule has 3 rings (SSSR count). The lowest BCUT2D eigenvalue weighted by atomic mass is 10.2. The van der Waals surface area contributed by atoms with E-state index in [0.29, 0.717) is 5.88 Å². The minimum Gasteiger partial charge on any atom is -0.469 e. The summed E-state index contributed by atoms with van der Waals surface area (Å²) >= 11 is 1.41. The highest BCUT2D eigenvalue weighted by Crippen LogP contribution is 2.30. The van der Waals surface area contributed by atoms with E-state index >= 15 is 0 Å². The van der Waals surface area contributed by atoms with Gasteiger partial charge < -0.3 is 4.42 Å². The van der Waals surface area contributed by atoms with Gasteiger partial charge in [-0.2, -0.15) is 5.10 Å². The van der Waals surface area contributed by atoms with Crippen molar-refractivity contribution in [3.8, 4) is 11.4 Å². The van der Waals surface area contributed by atoms with E-state index in [2.05, 4.69) is 15.3 Å². The Balaban J connectivity index is 1.84. The maximum Gasteiger partial charge on any atom is 0.307 e. The Morgan fingerprint density at radius 2 is 2.21 bits per heavy atom. The Kier molecular flexibility index (Phi) is 4.38. The van der Waals surface area contributed by atoms with Crippen LogP contribution in [0.15, 0.2) is 34.3 Å². The predicted octanol–water partition coefficient (Wildman–Crippen LogP) is 3.28. The monoisotopic (exact) mass is 348 g/mol. The smallest absolute Gasteiger partial charge is 0.307 e. The molecule has 0 spiro atoms. The molecule has 10 heteroatoms. The summed E-state index contributed by atoms with van der Waals surface area (Å²) in [4.78, 5) is 10.2. The number of aryl methyl sites for hydroxylation is 1. The number of aromatic nitrogens is 5. The van der Waals surface area contributed by atoms with Gasteiger partial charge in [-0.05, 0) is 26.8 Å². The van der Waals surface area contributed by atoms with Crippen molar-refractivity contribution in [1.29, 1.82) is 0 Å². The van der Waals surface area contributed by atoms with Crippen molar-refractivity contribution < 1.29 is 9.34 Å². The molecule has 3 heterocycles. The van der Waals surface area contributed by atoms with Crippen LogP contribution in [0.4, 0.5) is 5.69 Å². The molecule has 0 atom stereocenters. The van der Waals surface area contributed by atoms with Crippen molar-refractivity contribution in [2.75, 3.05) is 0 Å². The summed E-state index contributed by atoms with van der Waals surface area (Å²) in [5.74, 6) is 1.93. The van der Waals surface area contributed by atoms with Crippen molar-refractivity contribution in [3.05, 3.63) is 40.6 Å². The maximum absolute atomic E-state index is 10.7. The molecule has 0 fully saturated rings. The van der Waals surface area contributed by atoms with E-state index in [9.17, 15) is 10.1 Å². The summed E-state index contributed by atoms with van der Waals surface area (Å²) < 4.78 is 8.87. The third kappa shape index (κ3) is 3.04. The van der Waals surface area contributed by atoms with Crippen LogP contribution in [0.5, 0.6) is 0 Å². The standard InChI is InChI=1S/C14H16N6O3S/c1-9(2)19-13(12-4-5-23-10(12)3)16-17-14(19)24-8-18-7-11(6-15-18)20(21)22/h4-7,9H,8H2,1-3H3. The van der Waals surface area contributed by atoms with Crippen LogP contribution in [-0.2, 0) is 5.88 Å². The fourth-order valence-electron chi connectivity index (χ4n) is 2.28. The van der Waals surface area contributed by atoms with E-state index in [-0.39, 0.29) is 11.7 Å². The molecule has 0 aliphatic rings. The lowest BCUT2D eigenvalue weighted by Crippen LogP contribution is -2.06. The van der Waals surface area contributed by atoms with Crippen LogP contribution in [0.2, 0.25) is 0 Å². The van der Waals surface area contributed by atoms with Gasteiger partial charge in [0.25, 0.3) is 0 Å². The summed E-state index contributed by atoms with van der Waals surface area (Å²) in [5.41, 5.74) is 0.869. The average molecular weight is 348 g/mol. The topological polar surface area (TPSA) is 105 Å². The summed E-state index contributed by atoms with van der Waals surface area (Å²) in [6.07, 6.45) is 4.25.